The maximum atomic E-state index is 2.40. The first kappa shape index (κ1) is 32.9. The van der Waals surface area contributed by atoms with Gasteiger partial charge in [0.2, 0.25) is 0 Å². The Morgan fingerprint density at radius 3 is 1.32 bits per heavy atom. The van der Waals surface area contributed by atoms with Crippen LogP contribution in [0.2, 0.25) is 0 Å². The van der Waals surface area contributed by atoms with Crippen molar-refractivity contribution in [2.45, 2.75) is 78.1 Å². The summed E-state index contributed by atoms with van der Waals surface area (Å²) in [6.07, 6.45) is 13.3. The molecular formula is C24H40Cl2SiTi-4. The standard InChI is InChI=1S/2C11H15.2CH3.2ClH.H2Si.Ti/c2*1-2-9-7-10-5-3-4-6-11(10)8-9;;;;;;/h2*7-8H,2-6H2,1H3;2*1H3;2*1H;1H2;/q4*-1;;;;. The van der Waals surface area contributed by atoms with Crippen molar-refractivity contribution in [1.29, 1.82) is 0 Å². The first-order chi connectivity index (χ1) is 11.8. The van der Waals surface area contributed by atoms with E-state index in [1.54, 1.807) is 22.3 Å². The molecule has 2 aliphatic carbocycles. The summed E-state index contributed by atoms with van der Waals surface area (Å²) in [5.74, 6) is 0. The molecule has 162 valence electrons. The Kier molecular flexibility index (Phi) is 21.1. The summed E-state index contributed by atoms with van der Waals surface area (Å²) in [5, 5.41) is 0. The predicted octanol–water partition coefficient (Wildman–Crippen LogP) is 6.52. The normalized spacial score (nSPS) is 13.0. The van der Waals surface area contributed by atoms with Crippen LogP contribution in [0.25, 0.3) is 0 Å². The van der Waals surface area contributed by atoms with E-state index in [1.807, 2.05) is 26.8 Å². The summed E-state index contributed by atoms with van der Waals surface area (Å²) < 4.78 is 0. The van der Waals surface area contributed by atoms with Gasteiger partial charge in [0.25, 0.3) is 0 Å². The van der Waals surface area contributed by atoms with Crippen LogP contribution in [-0.4, -0.2) is 7.63 Å². The van der Waals surface area contributed by atoms with E-state index in [1.165, 1.54) is 75.3 Å². The summed E-state index contributed by atoms with van der Waals surface area (Å²) in [7, 11) is 1.86. The minimum atomic E-state index is 0. The van der Waals surface area contributed by atoms with Crippen LogP contribution in [0.1, 0.15) is 72.9 Å². The maximum absolute atomic E-state index is 2.40. The van der Waals surface area contributed by atoms with Gasteiger partial charge in [-0.1, -0.05) is 78.1 Å². The molecule has 2 aliphatic rings. The average Bonchev–Trinajstić information content (AvgIpc) is 3.27. The molecule has 4 heteroatoms. The van der Waals surface area contributed by atoms with Crippen LogP contribution in [0, 0.1) is 14.9 Å². The van der Waals surface area contributed by atoms with Crippen molar-refractivity contribution in [3.8, 4) is 0 Å². The molecule has 0 saturated heterocycles. The summed E-state index contributed by atoms with van der Waals surface area (Å²) >= 11 is 2.03. The van der Waals surface area contributed by atoms with Crippen molar-refractivity contribution in [2.24, 2.45) is 0 Å². The van der Waals surface area contributed by atoms with Crippen molar-refractivity contribution >= 4 is 32.4 Å². The molecule has 0 aliphatic heterocycles. The third-order valence-electron chi connectivity index (χ3n) is 5.36. The molecule has 0 heterocycles. The number of hydrogen-bond donors (Lipinski definition) is 0. The fraction of sp³-hybridized carbons (Fsp3) is 0.500. The molecule has 0 atom stereocenters. The van der Waals surface area contributed by atoms with Crippen molar-refractivity contribution < 1.29 is 19.2 Å². The van der Waals surface area contributed by atoms with E-state index in [0.29, 0.717) is 0 Å². The van der Waals surface area contributed by atoms with Gasteiger partial charge in [-0.15, -0.1) is 24.8 Å². The van der Waals surface area contributed by atoms with Crippen LogP contribution >= 0.6 is 24.8 Å². The van der Waals surface area contributed by atoms with E-state index < -0.39 is 0 Å². The van der Waals surface area contributed by atoms with E-state index in [0.717, 1.165) is 0 Å². The van der Waals surface area contributed by atoms with Gasteiger partial charge in [-0.05, 0) is 0 Å². The van der Waals surface area contributed by atoms with Crippen molar-refractivity contribution in [1.82, 2.24) is 0 Å². The first-order valence-electron chi connectivity index (χ1n) is 9.70. The minimum absolute atomic E-state index is 0. The molecule has 0 N–H and O–H groups in total. The molecule has 0 bridgehead atoms. The predicted molar refractivity (Wildman–Crippen MR) is 132 cm³/mol. The molecule has 2 aromatic rings. The Labute approximate surface area is 201 Å². The summed E-state index contributed by atoms with van der Waals surface area (Å²) in [5.41, 5.74) is 9.61. The van der Waals surface area contributed by atoms with E-state index in [4.69, 9.17) is 0 Å². The van der Waals surface area contributed by atoms with Gasteiger partial charge in [-0.3, -0.25) is 0 Å². The van der Waals surface area contributed by atoms with E-state index in [9.17, 15) is 0 Å². The van der Waals surface area contributed by atoms with Crippen molar-refractivity contribution in [3.63, 3.8) is 0 Å². The summed E-state index contributed by atoms with van der Waals surface area (Å²) in [6.45, 7) is 4.47. The quantitative estimate of drug-likeness (QED) is 0.343. The van der Waals surface area contributed by atoms with Crippen LogP contribution in [-0.2, 0) is 57.7 Å². The van der Waals surface area contributed by atoms with E-state index in [2.05, 4.69) is 38.1 Å². The molecule has 0 saturated carbocycles. The third kappa shape index (κ3) is 9.35. The van der Waals surface area contributed by atoms with Crippen LogP contribution < -0.4 is 0 Å². The second kappa shape index (κ2) is 18.0. The molecule has 4 rings (SSSR count). The molecule has 0 radical (unpaired) electrons. The number of fused-ring (bicyclic) bond motifs is 2. The van der Waals surface area contributed by atoms with Gasteiger partial charge in [0.15, 0.2) is 0 Å². The molecule has 0 unspecified atom stereocenters. The zero-order valence-corrected chi connectivity index (χ0v) is 23.0. The van der Waals surface area contributed by atoms with Crippen LogP contribution in [0.3, 0.4) is 0 Å². The molecular weight excluding hydrogens is 435 g/mol. The van der Waals surface area contributed by atoms with Gasteiger partial charge in [0, 0.05) is 0 Å². The van der Waals surface area contributed by atoms with Gasteiger partial charge in [0.05, 0.1) is 0 Å². The van der Waals surface area contributed by atoms with E-state index in [-0.39, 0.29) is 39.7 Å². The Hall–Kier alpha value is 0.211. The monoisotopic (exact) mass is 474 g/mol. The second-order valence-corrected chi connectivity index (χ2v) is 6.95. The van der Waals surface area contributed by atoms with Crippen LogP contribution in [0.15, 0.2) is 24.3 Å². The van der Waals surface area contributed by atoms with Crippen LogP contribution in [0.4, 0.5) is 0 Å². The zero-order valence-electron chi connectivity index (χ0n) is 18.4. The Morgan fingerprint density at radius 2 is 1.04 bits per heavy atom. The summed E-state index contributed by atoms with van der Waals surface area (Å²) in [4.78, 5) is 0. The number of aryl methyl sites for hydroxylation is 6. The topological polar surface area (TPSA) is 0 Å². The molecule has 0 amide bonds. The zero-order chi connectivity index (χ0) is 17.4. The van der Waals surface area contributed by atoms with Gasteiger partial charge in [0.1, 0.15) is 0 Å². The third-order valence-corrected chi connectivity index (χ3v) is 5.36. The molecule has 0 fully saturated rings. The average molecular weight is 475 g/mol. The summed E-state index contributed by atoms with van der Waals surface area (Å²) in [6, 6.07) is 9.59. The van der Waals surface area contributed by atoms with Gasteiger partial charge >= 0.3 is 26.8 Å². The molecule has 0 spiro atoms. The molecule has 0 aromatic heterocycles. The first-order valence-corrected chi connectivity index (χ1v) is 13.7. The number of hydrogen-bond acceptors (Lipinski definition) is 0. The van der Waals surface area contributed by atoms with Gasteiger partial charge in [-0.25, -0.2) is 12.1 Å². The second-order valence-electron chi connectivity index (χ2n) is 6.95. The van der Waals surface area contributed by atoms with Crippen molar-refractivity contribution in [3.05, 3.63) is 72.5 Å². The fourth-order valence-corrected chi connectivity index (χ4v) is 3.95. The molecule has 0 nitrogen and oxygen atoms in total. The Balaban J connectivity index is -0.000000363. The molecule has 2 aromatic carbocycles. The number of rotatable bonds is 2. The Bertz CT molecular complexity index is 529. The fourth-order valence-electron chi connectivity index (χ4n) is 3.95. The van der Waals surface area contributed by atoms with Gasteiger partial charge in [-0.2, -0.15) is 45.5 Å². The molecule has 28 heavy (non-hydrogen) atoms. The Morgan fingerprint density at radius 1 is 0.714 bits per heavy atom. The number of halogens is 2. The van der Waals surface area contributed by atoms with Crippen molar-refractivity contribution in [2.75, 3.05) is 0 Å². The van der Waals surface area contributed by atoms with Gasteiger partial charge < -0.3 is 14.9 Å². The van der Waals surface area contributed by atoms with Crippen LogP contribution in [0.5, 0.6) is 0 Å². The SMILES string of the molecule is CCc1cc2c([cH-]1)CCCC2.CCc1cc2c([cH-]1)CCCC2.Cl.Cl.[CH3-].[CH3-].[SiH2]=[Ti]. The van der Waals surface area contributed by atoms with E-state index >= 15 is 0 Å².